The lowest BCUT2D eigenvalue weighted by atomic mass is 10.1. The normalized spacial score (nSPS) is 17.1. The van der Waals surface area contributed by atoms with Crippen molar-refractivity contribution in [3.63, 3.8) is 0 Å². The van der Waals surface area contributed by atoms with Gasteiger partial charge in [0.05, 0.1) is 29.3 Å². The quantitative estimate of drug-likeness (QED) is 0.622. The zero-order valence-corrected chi connectivity index (χ0v) is 15.8. The first-order chi connectivity index (χ1) is 13.7. The van der Waals surface area contributed by atoms with E-state index in [9.17, 15) is 23.1 Å². The molecular weight excluding hydrogens is 407 g/mol. The van der Waals surface area contributed by atoms with E-state index in [-0.39, 0.29) is 34.5 Å². The summed E-state index contributed by atoms with van der Waals surface area (Å²) in [5.41, 5.74) is -1.79. The summed E-state index contributed by atoms with van der Waals surface area (Å²) >= 11 is 5.21. The van der Waals surface area contributed by atoms with Gasteiger partial charge in [-0.3, -0.25) is 14.3 Å². The molecule has 0 aliphatic carbocycles. The molecule has 152 valence electrons. The van der Waals surface area contributed by atoms with E-state index in [0.29, 0.717) is 12.2 Å². The molecule has 0 radical (unpaired) electrons. The lowest BCUT2D eigenvalue weighted by molar-refractivity contribution is -0.136. The molecule has 1 atom stereocenters. The number of fused-ring (bicyclic) bond motifs is 1. The first kappa shape index (κ1) is 19.6. The Morgan fingerprint density at radius 2 is 2.03 bits per heavy atom. The van der Waals surface area contributed by atoms with Gasteiger partial charge in [-0.1, -0.05) is 0 Å². The molecule has 0 bridgehead atoms. The summed E-state index contributed by atoms with van der Waals surface area (Å²) in [6.45, 7) is 0.759. The number of halogens is 3. The predicted octanol–water partition coefficient (Wildman–Crippen LogP) is 4.02. The highest BCUT2D eigenvalue weighted by atomic mass is 32.1. The Kier molecular flexibility index (Phi) is 4.91. The molecular formula is C19H16F3N3O3S. The zero-order chi connectivity index (χ0) is 20.8. The van der Waals surface area contributed by atoms with Gasteiger partial charge in [0.1, 0.15) is 11.4 Å². The Labute approximate surface area is 167 Å². The van der Waals surface area contributed by atoms with Crippen molar-refractivity contribution in [1.29, 1.82) is 0 Å². The average Bonchev–Trinajstić information content (AvgIpc) is 3.17. The van der Waals surface area contributed by atoms with Crippen LogP contribution < -0.4 is 5.56 Å². The van der Waals surface area contributed by atoms with Crippen molar-refractivity contribution in [3.05, 3.63) is 51.0 Å². The van der Waals surface area contributed by atoms with Crippen LogP contribution in [0.25, 0.3) is 22.3 Å². The number of phenols is 1. The van der Waals surface area contributed by atoms with Crippen molar-refractivity contribution in [2.45, 2.75) is 31.7 Å². The summed E-state index contributed by atoms with van der Waals surface area (Å²) in [5, 5.41) is 8.89. The van der Waals surface area contributed by atoms with Crippen molar-refractivity contribution in [3.8, 4) is 17.0 Å². The maximum absolute atomic E-state index is 13.8. The number of H-pyrrole nitrogens is 1. The van der Waals surface area contributed by atoms with E-state index in [1.807, 2.05) is 0 Å². The van der Waals surface area contributed by atoms with E-state index in [4.69, 9.17) is 17.0 Å². The maximum atomic E-state index is 13.8. The summed E-state index contributed by atoms with van der Waals surface area (Å²) in [5.74, 6) is -0.0247. The van der Waals surface area contributed by atoms with Gasteiger partial charge in [-0.05, 0) is 55.4 Å². The summed E-state index contributed by atoms with van der Waals surface area (Å²) in [6, 6.07) is 6.45. The number of pyridine rings is 1. The molecule has 29 heavy (non-hydrogen) atoms. The van der Waals surface area contributed by atoms with Crippen LogP contribution in [0, 0.1) is 4.77 Å². The highest BCUT2D eigenvalue weighted by molar-refractivity contribution is 7.71. The molecule has 0 unspecified atom stereocenters. The topological polar surface area (TPSA) is 80.1 Å². The Bertz CT molecular complexity index is 1180. The van der Waals surface area contributed by atoms with E-state index in [2.05, 4.69) is 9.97 Å². The van der Waals surface area contributed by atoms with Gasteiger partial charge in [-0.15, -0.1) is 0 Å². The lowest BCUT2D eigenvalue weighted by Crippen LogP contribution is -2.24. The molecule has 1 aliphatic heterocycles. The minimum Gasteiger partial charge on any atom is -0.508 e. The third-order valence-electron chi connectivity index (χ3n) is 4.83. The van der Waals surface area contributed by atoms with Crippen LogP contribution in [0.15, 0.2) is 35.1 Å². The number of benzene rings is 1. The van der Waals surface area contributed by atoms with Gasteiger partial charge in [0.25, 0.3) is 5.56 Å². The van der Waals surface area contributed by atoms with Crippen molar-refractivity contribution < 1.29 is 23.0 Å². The molecule has 2 aromatic heterocycles. The summed E-state index contributed by atoms with van der Waals surface area (Å²) in [6.07, 6.45) is -3.40. The molecule has 1 aliphatic rings. The van der Waals surface area contributed by atoms with Gasteiger partial charge in [-0.25, -0.2) is 4.98 Å². The Balaban J connectivity index is 2.02. The first-order valence-electron chi connectivity index (χ1n) is 8.90. The van der Waals surface area contributed by atoms with Gasteiger partial charge < -0.3 is 9.84 Å². The van der Waals surface area contributed by atoms with Crippen LogP contribution in [-0.2, 0) is 17.5 Å². The Hall–Kier alpha value is -2.72. The van der Waals surface area contributed by atoms with Gasteiger partial charge in [0, 0.05) is 12.2 Å². The monoisotopic (exact) mass is 423 g/mol. The second-order valence-electron chi connectivity index (χ2n) is 6.80. The van der Waals surface area contributed by atoms with Crippen molar-refractivity contribution in [1.82, 2.24) is 14.5 Å². The largest absolute Gasteiger partial charge is 0.508 e. The van der Waals surface area contributed by atoms with Gasteiger partial charge >= 0.3 is 6.18 Å². The highest BCUT2D eigenvalue weighted by Gasteiger charge is 2.35. The molecule has 0 amide bonds. The van der Waals surface area contributed by atoms with Crippen molar-refractivity contribution in [2.24, 2.45) is 0 Å². The predicted molar refractivity (Wildman–Crippen MR) is 102 cm³/mol. The standard InChI is InChI=1S/C19H16F3N3O3S/c20-19(21,22)13-8-14(10-3-5-11(26)6-4-10)23-16-15(13)17(27)24-18(29)25(16)9-12-2-1-7-28-12/h3-6,8,12,26H,1-2,7,9H2,(H,24,27,29)/t12-/m0/s1. The fraction of sp³-hybridized carbons (Fsp3) is 0.316. The zero-order valence-electron chi connectivity index (χ0n) is 15.0. The van der Waals surface area contributed by atoms with E-state index in [1.54, 1.807) is 0 Å². The number of nitrogens with one attached hydrogen (secondary N) is 1. The number of phenolic OH excluding ortho intramolecular Hbond substituents is 1. The number of aromatic hydroxyl groups is 1. The third kappa shape index (κ3) is 3.77. The van der Waals surface area contributed by atoms with E-state index in [1.165, 1.54) is 28.8 Å². The van der Waals surface area contributed by atoms with Gasteiger partial charge in [0.15, 0.2) is 4.77 Å². The fourth-order valence-corrected chi connectivity index (χ4v) is 3.69. The number of aromatic amines is 1. The van der Waals surface area contributed by atoms with Crippen LogP contribution in [0.1, 0.15) is 18.4 Å². The van der Waals surface area contributed by atoms with Crippen LogP contribution in [0.5, 0.6) is 5.75 Å². The van der Waals surface area contributed by atoms with Crippen LogP contribution in [0.2, 0.25) is 0 Å². The fourth-order valence-electron chi connectivity index (χ4n) is 3.44. The smallest absolute Gasteiger partial charge is 0.417 e. The second-order valence-corrected chi connectivity index (χ2v) is 7.19. The molecule has 4 rings (SSSR count). The van der Waals surface area contributed by atoms with Crippen molar-refractivity contribution >= 4 is 23.3 Å². The SMILES string of the molecule is O=c1[nH]c(=S)n(C[C@@H]2CCCO2)c2nc(-c3ccc(O)cc3)cc(C(F)(F)F)c12. The van der Waals surface area contributed by atoms with Gasteiger partial charge in [0.2, 0.25) is 0 Å². The number of nitrogens with zero attached hydrogens (tertiary/aromatic N) is 2. The maximum Gasteiger partial charge on any atom is 0.417 e. The summed E-state index contributed by atoms with van der Waals surface area (Å²) < 4.78 is 48.4. The van der Waals surface area contributed by atoms with Crippen molar-refractivity contribution in [2.75, 3.05) is 6.61 Å². The van der Waals surface area contributed by atoms with Crippen LogP contribution in [0.4, 0.5) is 13.2 Å². The number of hydrogen-bond acceptors (Lipinski definition) is 5. The summed E-state index contributed by atoms with van der Waals surface area (Å²) in [4.78, 5) is 19.1. The molecule has 3 aromatic rings. The van der Waals surface area contributed by atoms with E-state index >= 15 is 0 Å². The molecule has 0 spiro atoms. The number of hydrogen-bond donors (Lipinski definition) is 2. The minimum atomic E-state index is -4.77. The van der Waals surface area contributed by atoms with Crippen LogP contribution >= 0.6 is 12.2 Å². The molecule has 3 heterocycles. The molecule has 1 fully saturated rings. The van der Waals surface area contributed by atoms with Gasteiger partial charge in [-0.2, -0.15) is 13.2 Å². The highest BCUT2D eigenvalue weighted by Crippen LogP contribution is 2.36. The molecule has 1 aromatic carbocycles. The molecule has 6 nitrogen and oxygen atoms in total. The average molecular weight is 423 g/mol. The molecule has 2 N–H and O–H groups in total. The number of alkyl halides is 3. The number of ether oxygens (including phenoxy) is 1. The first-order valence-corrected chi connectivity index (χ1v) is 9.31. The van der Waals surface area contributed by atoms with E-state index in [0.717, 1.165) is 18.9 Å². The molecule has 10 heteroatoms. The molecule has 1 saturated heterocycles. The minimum absolute atomic E-state index is 0.0125. The second kappa shape index (κ2) is 7.27. The molecule has 0 saturated carbocycles. The van der Waals surface area contributed by atoms with Crippen LogP contribution in [-0.4, -0.2) is 32.4 Å². The summed E-state index contributed by atoms with van der Waals surface area (Å²) in [7, 11) is 0. The van der Waals surface area contributed by atoms with Crippen LogP contribution in [0.3, 0.4) is 0 Å². The number of rotatable bonds is 3. The number of aromatic nitrogens is 3. The Morgan fingerprint density at radius 1 is 1.31 bits per heavy atom. The third-order valence-corrected chi connectivity index (χ3v) is 5.15. The van der Waals surface area contributed by atoms with E-state index < -0.39 is 22.7 Å². The lowest BCUT2D eigenvalue weighted by Gasteiger charge is -2.18. The Morgan fingerprint density at radius 3 is 2.66 bits per heavy atom.